The van der Waals surface area contributed by atoms with Gasteiger partial charge in [0.15, 0.2) is 0 Å². The van der Waals surface area contributed by atoms with Crippen molar-refractivity contribution in [1.82, 2.24) is 10.3 Å². The summed E-state index contributed by atoms with van der Waals surface area (Å²) in [5.41, 5.74) is 9.39. The van der Waals surface area contributed by atoms with Crippen molar-refractivity contribution in [2.75, 3.05) is 5.73 Å². The fourth-order valence-corrected chi connectivity index (χ4v) is 3.51. The van der Waals surface area contributed by atoms with Gasteiger partial charge in [0, 0.05) is 17.8 Å². The number of carboxylic acids is 1. The second-order valence-corrected chi connectivity index (χ2v) is 5.75. The number of nitrogens with zero attached hydrogens (tertiary/aromatic N) is 1. The Morgan fingerprint density at radius 3 is 2.95 bits per heavy atom. The number of amides is 1. The van der Waals surface area contributed by atoms with Crippen LogP contribution in [0.15, 0.2) is 29.7 Å². The number of aliphatic carboxylic acids is 1. The molecule has 1 amide bonds. The molecule has 1 aromatic heterocycles. The van der Waals surface area contributed by atoms with E-state index in [1.807, 2.05) is 13.0 Å². The maximum atomic E-state index is 11.9. The summed E-state index contributed by atoms with van der Waals surface area (Å²) in [6, 6.07) is 1.87. The molecule has 1 fully saturated rings. The molecule has 2 heterocycles. The lowest BCUT2D eigenvalue weighted by atomic mass is 9.74. The lowest BCUT2D eigenvalue weighted by molar-refractivity contribution is -0.146. The first-order chi connectivity index (χ1) is 9.99. The summed E-state index contributed by atoms with van der Waals surface area (Å²) in [5, 5.41) is 12.0. The fourth-order valence-electron chi connectivity index (χ4n) is 3.51. The van der Waals surface area contributed by atoms with Gasteiger partial charge in [-0.15, -0.1) is 0 Å². The van der Waals surface area contributed by atoms with E-state index in [4.69, 9.17) is 5.73 Å². The monoisotopic (exact) mass is 287 g/mol. The number of nitrogen functional groups attached to an aromatic ring is 1. The largest absolute Gasteiger partial charge is 0.481 e. The van der Waals surface area contributed by atoms with Crippen molar-refractivity contribution in [2.24, 2.45) is 11.8 Å². The smallest absolute Gasteiger partial charge is 0.316 e. The van der Waals surface area contributed by atoms with Gasteiger partial charge < -0.3 is 16.2 Å². The van der Waals surface area contributed by atoms with Crippen LogP contribution in [-0.2, 0) is 9.59 Å². The Morgan fingerprint density at radius 2 is 2.29 bits per heavy atom. The van der Waals surface area contributed by atoms with E-state index in [-0.39, 0.29) is 11.8 Å². The number of anilines is 1. The van der Waals surface area contributed by atoms with Crippen LogP contribution >= 0.6 is 0 Å². The lowest BCUT2D eigenvalue weighted by Crippen LogP contribution is -2.28. The van der Waals surface area contributed by atoms with Crippen LogP contribution in [0.25, 0.3) is 0 Å². The van der Waals surface area contributed by atoms with E-state index in [9.17, 15) is 14.7 Å². The summed E-state index contributed by atoms with van der Waals surface area (Å²) in [6.07, 6.45) is 4.67. The Morgan fingerprint density at radius 1 is 1.52 bits per heavy atom. The number of carbonyl (C=O) groups is 2. The molecule has 110 valence electrons. The van der Waals surface area contributed by atoms with Crippen molar-refractivity contribution in [3.05, 3.63) is 35.3 Å². The van der Waals surface area contributed by atoms with Crippen LogP contribution < -0.4 is 11.1 Å². The molecule has 0 saturated carbocycles. The Bertz CT molecular complexity index is 653. The molecule has 1 saturated heterocycles. The fraction of sp³-hybridized carbons (Fsp3) is 0.400. The summed E-state index contributed by atoms with van der Waals surface area (Å²) in [6.45, 7) is 1.94. The van der Waals surface area contributed by atoms with Gasteiger partial charge in [-0.1, -0.05) is 5.57 Å². The summed E-state index contributed by atoms with van der Waals surface area (Å²) in [7, 11) is 0. The SMILES string of the molecule is CC1=C2NC(=O)C(C(=O)O)C2CC(c2ccncc2N)C1. The molecule has 1 aromatic rings. The molecule has 6 nitrogen and oxygen atoms in total. The van der Waals surface area contributed by atoms with Gasteiger partial charge in [0.1, 0.15) is 5.92 Å². The number of nitrogens with one attached hydrogen (secondary N) is 1. The maximum absolute atomic E-state index is 11.9. The number of rotatable bonds is 2. The molecule has 0 bridgehead atoms. The molecule has 1 aliphatic carbocycles. The van der Waals surface area contributed by atoms with Crippen LogP contribution in [0.3, 0.4) is 0 Å². The number of carbonyl (C=O) groups excluding carboxylic acids is 1. The Labute approximate surface area is 122 Å². The first kappa shape index (κ1) is 13.6. The van der Waals surface area contributed by atoms with Crippen molar-refractivity contribution in [2.45, 2.75) is 25.7 Å². The molecule has 3 unspecified atom stereocenters. The molecule has 2 aliphatic rings. The number of allylic oxidation sites excluding steroid dienone is 2. The van der Waals surface area contributed by atoms with Crippen molar-refractivity contribution in [3.8, 4) is 0 Å². The number of fused-ring (bicyclic) bond motifs is 1. The molecule has 0 spiro atoms. The minimum Gasteiger partial charge on any atom is -0.481 e. The Kier molecular flexibility index (Phi) is 3.16. The highest BCUT2D eigenvalue weighted by Gasteiger charge is 2.47. The third-order valence-electron chi connectivity index (χ3n) is 4.46. The first-order valence-corrected chi connectivity index (χ1v) is 6.91. The van der Waals surface area contributed by atoms with E-state index >= 15 is 0 Å². The predicted octanol–water partition coefficient (Wildman–Crippen LogP) is 1.26. The van der Waals surface area contributed by atoms with E-state index in [1.165, 1.54) is 0 Å². The minimum atomic E-state index is -1.07. The number of hydrogen-bond donors (Lipinski definition) is 3. The number of pyridine rings is 1. The van der Waals surface area contributed by atoms with Crippen molar-refractivity contribution in [3.63, 3.8) is 0 Å². The zero-order chi connectivity index (χ0) is 15.1. The molecule has 4 N–H and O–H groups in total. The molecule has 3 atom stereocenters. The normalized spacial score (nSPS) is 28.2. The standard InChI is InChI=1S/C15H17N3O3/c1-7-4-8(9-2-3-17-6-11(9)16)5-10-12(15(20)21)14(19)18-13(7)10/h2-3,6,8,10,12H,4-5,16H2,1H3,(H,18,19)(H,20,21). The molecular weight excluding hydrogens is 270 g/mol. The summed E-state index contributed by atoms with van der Waals surface area (Å²) < 4.78 is 0. The highest BCUT2D eigenvalue weighted by Crippen LogP contribution is 2.45. The highest BCUT2D eigenvalue weighted by atomic mass is 16.4. The van der Waals surface area contributed by atoms with Gasteiger partial charge in [0.25, 0.3) is 0 Å². The number of nitrogens with two attached hydrogens (primary N) is 1. The molecule has 6 heteroatoms. The average molecular weight is 287 g/mol. The number of hydrogen-bond acceptors (Lipinski definition) is 4. The summed E-state index contributed by atoms with van der Waals surface area (Å²) >= 11 is 0. The van der Waals surface area contributed by atoms with Gasteiger partial charge in [-0.05, 0) is 37.3 Å². The topological polar surface area (TPSA) is 105 Å². The number of carboxylic acid groups (broad SMARTS) is 1. The lowest BCUT2D eigenvalue weighted by Gasteiger charge is -2.30. The van der Waals surface area contributed by atoms with Gasteiger partial charge >= 0.3 is 5.97 Å². The van der Waals surface area contributed by atoms with E-state index in [2.05, 4.69) is 10.3 Å². The van der Waals surface area contributed by atoms with Gasteiger partial charge in [0.2, 0.25) is 5.91 Å². The predicted molar refractivity (Wildman–Crippen MR) is 76.1 cm³/mol. The first-order valence-electron chi connectivity index (χ1n) is 6.91. The highest BCUT2D eigenvalue weighted by molar-refractivity contribution is 6.01. The quantitative estimate of drug-likeness (QED) is 0.710. The molecular formula is C15H17N3O3. The van der Waals surface area contributed by atoms with E-state index in [0.29, 0.717) is 12.1 Å². The van der Waals surface area contributed by atoms with Crippen molar-refractivity contribution in [1.29, 1.82) is 0 Å². The van der Waals surface area contributed by atoms with Gasteiger partial charge in [-0.2, -0.15) is 0 Å². The summed E-state index contributed by atoms with van der Waals surface area (Å²) in [5.74, 6) is -2.65. The number of aromatic nitrogens is 1. The van der Waals surface area contributed by atoms with E-state index in [1.54, 1.807) is 12.4 Å². The second-order valence-electron chi connectivity index (χ2n) is 5.75. The van der Waals surface area contributed by atoms with Gasteiger partial charge in [-0.25, -0.2) is 0 Å². The van der Waals surface area contributed by atoms with Crippen molar-refractivity contribution >= 4 is 17.6 Å². The Hall–Kier alpha value is -2.37. The van der Waals surface area contributed by atoms with Crippen LogP contribution in [0.2, 0.25) is 0 Å². The zero-order valence-corrected chi connectivity index (χ0v) is 11.7. The maximum Gasteiger partial charge on any atom is 0.316 e. The van der Waals surface area contributed by atoms with Crippen LogP contribution in [0.1, 0.15) is 31.2 Å². The third-order valence-corrected chi connectivity index (χ3v) is 4.46. The zero-order valence-electron chi connectivity index (χ0n) is 11.7. The second kappa shape index (κ2) is 4.87. The van der Waals surface area contributed by atoms with E-state index < -0.39 is 17.8 Å². The van der Waals surface area contributed by atoms with Crippen LogP contribution in [0, 0.1) is 11.8 Å². The molecule has 0 aromatic carbocycles. The summed E-state index contributed by atoms with van der Waals surface area (Å²) in [4.78, 5) is 27.2. The minimum absolute atomic E-state index is 0.122. The van der Waals surface area contributed by atoms with Crippen LogP contribution in [0.5, 0.6) is 0 Å². The average Bonchev–Trinajstić information content (AvgIpc) is 2.76. The molecule has 3 rings (SSSR count). The van der Waals surface area contributed by atoms with Crippen molar-refractivity contribution < 1.29 is 14.7 Å². The van der Waals surface area contributed by atoms with Crippen LogP contribution in [0.4, 0.5) is 5.69 Å². The van der Waals surface area contributed by atoms with Gasteiger partial charge in [0.05, 0.1) is 11.9 Å². The third kappa shape index (κ3) is 2.16. The molecule has 0 radical (unpaired) electrons. The van der Waals surface area contributed by atoms with Gasteiger partial charge in [-0.3, -0.25) is 14.6 Å². The van der Waals surface area contributed by atoms with E-state index in [0.717, 1.165) is 23.3 Å². The molecule has 21 heavy (non-hydrogen) atoms. The molecule has 1 aliphatic heterocycles. The van der Waals surface area contributed by atoms with Crippen LogP contribution in [-0.4, -0.2) is 22.0 Å². The Balaban J connectivity index is 1.97.